The predicted molar refractivity (Wildman–Crippen MR) is 83.9 cm³/mol. The maximum absolute atomic E-state index is 5.61. The molecular weight excluding hydrogens is 250 g/mol. The van der Waals surface area contributed by atoms with Gasteiger partial charge in [0.2, 0.25) is 0 Å². The summed E-state index contributed by atoms with van der Waals surface area (Å²) in [6.45, 7) is 5.79. The van der Waals surface area contributed by atoms with Crippen LogP contribution in [0.5, 0.6) is 11.5 Å². The highest BCUT2D eigenvalue weighted by atomic mass is 16.6. The number of hydrogen-bond donors (Lipinski definition) is 1. The number of unbranched alkanes of at least 4 members (excludes halogenated alkanes) is 4. The average molecular weight is 277 g/mol. The van der Waals surface area contributed by atoms with Crippen LogP contribution >= 0.6 is 0 Å². The minimum absolute atomic E-state index is 0.499. The number of anilines is 1. The van der Waals surface area contributed by atoms with Gasteiger partial charge in [0.25, 0.3) is 0 Å². The van der Waals surface area contributed by atoms with Crippen molar-refractivity contribution in [2.75, 3.05) is 18.5 Å². The third-order valence-electron chi connectivity index (χ3n) is 3.70. The number of fused-ring (bicyclic) bond motifs is 1. The van der Waals surface area contributed by atoms with E-state index < -0.39 is 0 Å². The highest BCUT2D eigenvalue weighted by Crippen LogP contribution is 2.32. The van der Waals surface area contributed by atoms with Crippen molar-refractivity contribution in [2.45, 2.75) is 58.4 Å². The lowest BCUT2D eigenvalue weighted by Crippen LogP contribution is -2.17. The molecule has 0 amide bonds. The first-order chi connectivity index (χ1) is 9.79. The Morgan fingerprint density at radius 3 is 2.60 bits per heavy atom. The summed E-state index contributed by atoms with van der Waals surface area (Å²) in [6.07, 6.45) is 7.92. The zero-order chi connectivity index (χ0) is 14.2. The van der Waals surface area contributed by atoms with Gasteiger partial charge in [0.05, 0.1) is 0 Å². The van der Waals surface area contributed by atoms with E-state index in [9.17, 15) is 0 Å². The van der Waals surface area contributed by atoms with Crippen LogP contribution in [0.25, 0.3) is 0 Å². The van der Waals surface area contributed by atoms with Gasteiger partial charge >= 0.3 is 0 Å². The van der Waals surface area contributed by atoms with Gasteiger partial charge in [-0.2, -0.15) is 0 Å². The minimum atomic E-state index is 0.499. The molecule has 112 valence electrons. The Balaban J connectivity index is 1.75. The molecule has 3 heteroatoms. The lowest BCUT2D eigenvalue weighted by molar-refractivity contribution is 0.171. The number of rotatable bonds is 8. The molecule has 1 unspecified atom stereocenters. The highest BCUT2D eigenvalue weighted by Gasteiger charge is 2.12. The van der Waals surface area contributed by atoms with Gasteiger partial charge in [-0.05, 0) is 25.5 Å². The molecule has 0 saturated heterocycles. The molecule has 0 saturated carbocycles. The molecule has 1 atom stereocenters. The normalized spacial score (nSPS) is 14.9. The summed E-state index contributed by atoms with van der Waals surface area (Å²) in [5, 5.41) is 3.55. The Hall–Kier alpha value is -1.38. The molecule has 20 heavy (non-hydrogen) atoms. The first-order valence-corrected chi connectivity index (χ1v) is 7.96. The van der Waals surface area contributed by atoms with E-state index >= 15 is 0 Å². The summed E-state index contributed by atoms with van der Waals surface area (Å²) in [5.41, 5.74) is 1.12. The van der Waals surface area contributed by atoms with Crippen molar-refractivity contribution in [3.05, 3.63) is 18.2 Å². The Morgan fingerprint density at radius 1 is 1.05 bits per heavy atom. The van der Waals surface area contributed by atoms with E-state index in [0.29, 0.717) is 19.3 Å². The summed E-state index contributed by atoms with van der Waals surface area (Å²) in [7, 11) is 0. The molecule has 1 aliphatic rings. The van der Waals surface area contributed by atoms with Gasteiger partial charge in [0.15, 0.2) is 11.5 Å². The molecule has 0 aliphatic carbocycles. The standard InChI is InChI=1S/C17H27NO2/c1-3-4-5-6-7-8-14(2)18-15-9-10-16-17(13-15)20-12-11-19-16/h9-10,13-14,18H,3-8,11-12H2,1-2H3. The maximum atomic E-state index is 5.61. The molecule has 0 radical (unpaired) electrons. The molecule has 3 nitrogen and oxygen atoms in total. The van der Waals surface area contributed by atoms with Crippen LogP contribution in [0.15, 0.2) is 18.2 Å². The van der Waals surface area contributed by atoms with E-state index in [1.54, 1.807) is 0 Å². The fourth-order valence-electron chi connectivity index (χ4n) is 2.54. The Kier molecular flexibility index (Phi) is 6.03. The Labute approximate surface area is 122 Å². The second-order valence-corrected chi connectivity index (χ2v) is 5.61. The molecule has 1 aromatic carbocycles. The van der Waals surface area contributed by atoms with E-state index in [-0.39, 0.29) is 0 Å². The van der Waals surface area contributed by atoms with Gasteiger partial charge in [-0.1, -0.05) is 39.0 Å². The van der Waals surface area contributed by atoms with Crippen LogP contribution < -0.4 is 14.8 Å². The van der Waals surface area contributed by atoms with Crippen LogP contribution in [0.1, 0.15) is 52.4 Å². The summed E-state index contributed by atoms with van der Waals surface area (Å²) >= 11 is 0. The summed E-state index contributed by atoms with van der Waals surface area (Å²) < 4.78 is 11.1. The van der Waals surface area contributed by atoms with E-state index in [1.807, 2.05) is 12.1 Å². The van der Waals surface area contributed by atoms with E-state index in [2.05, 4.69) is 25.2 Å². The third-order valence-corrected chi connectivity index (χ3v) is 3.70. The second kappa shape index (κ2) is 8.03. The minimum Gasteiger partial charge on any atom is -0.486 e. The first-order valence-electron chi connectivity index (χ1n) is 7.96. The number of benzene rings is 1. The zero-order valence-corrected chi connectivity index (χ0v) is 12.8. The molecule has 1 N–H and O–H groups in total. The van der Waals surface area contributed by atoms with Crippen LogP contribution in [0.3, 0.4) is 0 Å². The monoisotopic (exact) mass is 277 g/mol. The summed E-state index contributed by atoms with van der Waals surface area (Å²) in [5.74, 6) is 1.71. The molecule has 1 heterocycles. The topological polar surface area (TPSA) is 30.5 Å². The summed E-state index contributed by atoms with van der Waals surface area (Å²) in [6, 6.07) is 6.60. The molecule has 0 aromatic heterocycles. The fourth-order valence-corrected chi connectivity index (χ4v) is 2.54. The summed E-state index contributed by atoms with van der Waals surface area (Å²) in [4.78, 5) is 0. The van der Waals surface area contributed by atoms with Gasteiger partial charge in [-0.15, -0.1) is 0 Å². The zero-order valence-electron chi connectivity index (χ0n) is 12.8. The molecule has 1 aromatic rings. The lowest BCUT2D eigenvalue weighted by atomic mass is 10.1. The van der Waals surface area contributed by atoms with Crippen molar-refractivity contribution in [2.24, 2.45) is 0 Å². The highest BCUT2D eigenvalue weighted by molar-refractivity contribution is 5.55. The van der Waals surface area contributed by atoms with Gasteiger partial charge in [0.1, 0.15) is 13.2 Å². The van der Waals surface area contributed by atoms with Crippen LogP contribution in [0.2, 0.25) is 0 Å². The van der Waals surface area contributed by atoms with Gasteiger partial charge in [0, 0.05) is 17.8 Å². The lowest BCUT2D eigenvalue weighted by Gasteiger charge is -2.21. The van der Waals surface area contributed by atoms with Gasteiger partial charge < -0.3 is 14.8 Å². The van der Waals surface area contributed by atoms with E-state index in [4.69, 9.17) is 9.47 Å². The van der Waals surface area contributed by atoms with Crippen molar-refractivity contribution >= 4 is 5.69 Å². The molecule has 0 fully saturated rings. The second-order valence-electron chi connectivity index (χ2n) is 5.61. The SMILES string of the molecule is CCCCCCCC(C)Nc1ccc2c(c1)OCCO2. The molecule has 1 aliphatic heterocycles. The molecule has 0 bridgehead atoms. The van der Waals surface area contributed by atoms with Crippen molar-refractivity contribution < 1.29 is 9.47 Å². The molecule has 0 spiro atoms. The third kappa shape index (κ3) is 4.62. The van der Waals surface area contributed by atoms with Crippen molar-refractivity contribution in [3.8, 4) is 11.5 Å². The maximum Gasteiger partial charge on any atom is 0.163 e. The Morgan fingerprint density at radius 2 is 1.80 bits per heavy atom. The molecule has 2 rings (SSSR count). The molecular formula is C17H27NO2. The van der Waals surface area contributed by atoms with Crippen LogP contribution in [-0.2, 0) is 0 Å². The fraction of sp³-hybridized carbons (Fsp3) is 0.647. The van der Waals surface area contributed by atoms with E-state index in [0.717, 1.165) is 17.2 Å². The van der Waals surface area contributed by atoms with Crippen molar-refractivity contribution in [1.82, 2.24) is 0 Å². The number of hydrogen-bond acceptors (Lipinski definition) is 3. The predicted octanol–water partition coefficient (Wildman–Crippen LogP) is 4.62. The number of nitrogens with one attached hydrogen (secondary N) is 1. The smallest absolute Gasteiger partial charge is 0.163 e. The van der Waals surface area contributed by atoms with Gasteiger partial charge in [-0.3, -0.25) is 0 Å². The van der Waals surface area contributed by atoms with Crippen LogP contribution in [0.4, 0.5) is 5.69 Å². The Bertz CT molecular complexity index is 406. The number of ether oxygens (including phenoxy) is 2. The van der Waals surface area contributed by atoms with Crippen molar-refractivity contribution in [3.63, 3.8) is 0 Å². The average Bonchev–Trinajstić information content (AvgIpc) is 2.47. The van der Waals surface area contributed by atoms with Crippen LogP contribution in [0, 0.1) is 0 Å². The van der Waals surface area contributed by atoms with Gasteiger partial charge in [-0.25, -0.2) is 0 Å². The van der Waals surface area contributed by atoms with Crippen molar-refractivity contribution in [1.29, 1.82) is 0 Å². The van der Waals surface area contributed by atoms with Crippen LogP contribution in [-0.4, -0.2) is 19.3 Å². The largest absolute Gasteiger partial charge is 0.486 e. The quantitative estimate of drug-likeness (QED) is 0.703. The van der Waals surface area contributed by atoms with E-state index in [1.165, 1.54) is 38.5 Å². The first kappa shape index (κ1) is 15.0.